The van der Waals surface area contributed by atoms with Gasteiger partial charge >= 0.3 is 0 Å². The van der Waals surface area contributed by atoms with Gasteiger partial charge in [-0.3, -0.25) is 14.7 Å². The third-order valence-corrected chi connectivity index (χ3v) is 3.63. The highest BCUT2D eigenvalue weighted by molar-refractivity contribution is 5.76. The molecule has 1 atom stereocenters. The molecular formula is C15H23N3O2. The van der Waals surface area contributed by atoms with Crippen LogP contribution in [0.3, 0.4) is 0 Å². The number of aromatic nitrogens is 1. The average molecular weight is 277 g/mol. The summed E-state index contributed by atoms with van der Waals surface area (Å²) in [6.07, 6.45) is 4.27. The molecule has 2 heterocycles. The number of rotatable bonds is 5. The molecule has 1 N–H and O–H groups in total. The molecule has 20 heavy (non-hydrogen) atoms. The van der Waals surface area contributed by atoms with E-state index in [0.717, 1.165) is 32.7 Å². The molecule has 1 saturated heterocycles. The molecular weight excluding hydrogens is 254 g/mol. The van der Waals surface area contributed by atoms with Crippen molar-refractivity contribution in [3.8, 4) is 0 Å². The smallest absolute Gasteiger partial charge is 0.222 e. The first kappa shape index (κ1) is 14.9. The lowest BCUT2D eigenvalue weighted by Crippen LogP contribution is -2.48. The second-order valence-electron chi connectivity index (χ2n) is 5.41. The van der Waals surface area contributed by atoms with E-state index in [1.807, 2.05) is 17.2 Å². The fourth-order valence-corrected chi connectivity index (χ4v) is 2.40. The molecule has 1 aromatic heterocycles. The fourth-order valence-electron chi connectivity index (χ4n) is 2.40. The normalized spacial score (nSPS) is 18.0. The summed E-state index contributed by atoms with van der Waals surface area (Å²) >= 11 is 0. The molecule has 2 rings (SSSR count). The van der Waals surface area contributed by atoms with E-state index in [0.29, 0.717) is 12.8 Å². The van der Waals surface area contributed by atoms with E-state index in [4.69, 9.17) is 0 Å². The maximum absolute atomic E-state index is 12.0. The van der Waals surface area contributed by atoms with Crippen molar-refractivity contribution in [2.24, 2.45) is 0 Å². The number of carbonyl (C=O) groups is 1. The molecule has 0 saturated carbocycles. The molecule has 0 spiro atoms. The number of aliphatic hydroxyl groups excluding tert-OH is 1. The summed E-state index contributed by atoms with van der Waals surface area (Å²) in [6, 6.07) is 4.03. The minimum Gasteiger partial charge on any atom is -0.393 e. The van der Waals surface area contributed by atoms with Crippen LogP contribution in [-0.2, 0) is 11.3 Å². The first-order valence-electron chi connectivity index (χ1n) is 7.22. The van der Waals surface area contributed by atoms with Gasteiger partial charge < -0.3 is 10.0 Å². The second kappa shape index (κ2) is 7.36. The van der Waals surface area contributed by atoms with Gasteiger partial charge in [-0.2, -0.15) is 0 Å². The van der Waals surface area contributed by atoms with Crippen molar-refractivity contribution in [2.45, 2.75) is 32.4 Å². The van der Waals surface area contributed by atoms with Gasteiger partial charge in [0.25, 0.3) is 0 Å². The van der Waals surface area contributed by atoms with E-state index >= 15 is 0 Å². The van der Waals surface area contributed by atoms with Gasteiger partial charge in [0.2, 0.25) is 5.91 Å². The predicted molar refractivity (Wildman–Crippen MR) is 77.0 cm³/mol. The molecule has 1 aliphatic rings. The number of nitrogens with zero attached hydrogens (tertiary/aromatic N) is 3. The van der Waals surface area contributed by atoms with Gasteiger partial charge in [0.15, 0.2) is 0 Å². The Labute approximate surface area is 120 Å². The maximum atomic E-state index is 12.0. The molecule has 5 nitrogen and oxygen atoms in total. The lowest BCUT2D eigenvalue weighted by atomic mass is 10.2. The topological polar surface area (TPSA) is 56.7 Å². The lowest BCUT2D eigenvalue weighted by Gasteiger charge is -2.34. The fraction of sp³-hybridized carbons (Fsp3) is 0.600. The molecule has 1 aromatic rings. The monoisotopic (exact) mass is 277 g/mol. The Morgan fingerprint density at radius 1 is 1.40 bits per heavy atom. The molecule has 1 fully saturated rings. The molecule has 1 amide bonds. The Morgan fingerprint density at radius 3 is 2.75 bits per heavy atom. The van der Waals surface area contributed by atoms with Gasteiger partial charge in [0.05, 0.1) is 6.10 Å². The van der Waals surface area contributed by atoms with Crippen LogP contribution in [0.25, 0.3) is 0 Å². The van der Waals surface area contributed by atoms with Crippen LogP contribution < -0.4 is 0 Å². The summed E-state index contributed by atoms with van der Waals surface area (Å²) in [5.74, 6) is 0.159. The molecule has 0 aliphatic carbocycles. The van der Waals surface area contributed by atoms with E-state index in [1.54, 1.807) is 13.1 Å². The molecule has 1 unspecified atom stereocenters. The van der Waals surface area contributed by atoms with E-state index in [2.05, 4.69) is 16.0 Å². The summed E-state index contributed by atoms with van der Waals surface area (Å²) in [5, 5.41) is 9.22. The number of aliphatic hydroxyl groups is 1. The molecule has 110 valence electrons. The Bertz CT molecular complexity index is 414. The SMILES string of the molecule is CC(O)CCC(=O)N1CCN(Cc2cccnc2)CC1. The van der Waals surface area contributed by atoms with Crippen LogP contribution >= 0.6 is 0 Å². The molecule has 5 heteroatoms. The van der Waals surface area contributed by atoms with Gasteiger partial charge in [-0.15, -0.1) is 0 Å². The summed E-state index contributed by atoms with van der Waals surface area (Å²) in [5.41, 5.74) is 1.21. The molecule has 0 bridgehead atoms. The van der Waals surface area contributed by atoms with Gasteiger partial charge in [-0.25, -0.2) is 0 Å². The zero-order valence-corrected chi connectivity index (χ0v) is 12.0. The minimum atomic E-state index is -0.397. The first-order valence-corrected chi connectivity index (χ1v) is 7.22. The minimum absolute atomic E-state index is 0.159. The van der Waals surface area contributed by atoms with Crippen molar-refractivity contribution in [1.82, 2.24) is 14.8 Å². The van der Waals surface area contributed by atoms with Crippen LogP contribution in [0.4, 0.5) is 0 Å². The standard InChI is InChI=1S/C15H23N3O2/c1-13(19)4-5-15(20)18-9-7-17(8-10-18)12-14-3-2-6-16-11-14/h2-3,6,11,13,19H,4-5,7-10,12H2,1H3. The van der Waals surface area contributed by atoms with Crippen LogP contribution in [0.1, 0.15) is 25.3 Å². The van der Waals surface area contributed by atoms with Crippen molar-refractivity contribution in [1.29, 1.82) is 0 Å². The number of hydrogen-bond donors (Lipinski definition) is 1. The molecule has 1 aliphatic heterocycles. The Balaban J connectivity index is 1.73. The van der Waals surface area contributed by atoms with Crippen LogP contribution in [0.15, 0.2) is 24.5 Å². The Kier molecular flexibility index (Phi) is 5.49. The Morgan fingerprint density at radius 2 is 2.15 bits per heavy atom. The van der Waals surface area contributed by atoms with Crippen molar-refractivity contribution in [2.75, 3.05) is 26.2 Å². The lowest BCUT2D eigenvalue weighted by molar-refractivity contribution is -0.133. The highest BCUT2D eigenvalue weighted by Crippen LogP contribution is 2.09. The van der Waals surface area contributed by atoms with E-state index in [9.17, 15) is 9.90 Å². The number of carbonyl (C=O) groups excluding carboxylic acids is 1. The quantitative estimate of drug-likeness (QED) is 0.868. The summed E-state index contributed by atoms with van der Waals surface area (Å²) < 4.78 is 0. The number of piperazine rings is 1. The largest absolute Gasteiger partial charge is 0.393 e. The van der Waals surface area contributed by atoms with E-state index in [1.165, 1.54) is 5.56 Å². The second-order valence-corrected chi connectivity index (χ2v) is 5.41. The highest BCUT2D eigenvalue weighted by atomic mass is 16.3. The summed E-state index contributed by atoms with van der Waals surface area (Å²) in [4.78, 5) is 20.3. The predicted octanol–water partition coefficient (Wildman–Crippen LogP) is 0.887. The zero-order chi connectivity index (χ0) is 14.4. The number of amides is 1. The number of pyridine rings is 1. The molecule has 0 aromatic carbocycles. The van der Waals surface area contributed by atoms with Crippen molar-refractivity contribution in [3.63, 3.8) is 0 Å². The van der Waals surface area contributed by atoms with Gasteiger partial charge in [0, 0.05) is 51.5 Å². The van der Waals surface area contributed by atoms with Gasteiger partial charge in [-0.05, 0) is 25.0 Å². The van der Waals surface area contributed by atoms with Crippen molar-refractivity contribution < 1.29 is 9.90 Å². The van der Waals surface area contributed by atoms with E-state index in [-0.39, 0.29) is 5.91 Å². The van der Waals surface area contributed by atoms with Crippen LogP contribution in [0.5, 0.6) is 0 Å². The van der Waals surface area contributed by atoms with Crippen LogP contribution in [-0.4, -0.2) is 58.1 Å². The van der Waals surface area contributed by atoms with Gasteiger partial charge in [0.1, 0.15) is 0 Å². The summed E-state index contributed by atoms with van der Waals surface area (Å²) in [7, 11) is 0. The van der Waals surface area contributed by atoms with Gasteiger partial charge in [-0.1, -0.05) is 6.07 Å². The number of hydrogen-bond acceptors (Lipinski definition) is 4. The first-order chi connectivity index (χ1) is 9.65. The highest BCUT2D eigenvalue weighted by Gasteiger charge is 2.21. The van der Waals surface area contributed by atoms with Crippen LogP contribution in [0.2, 0.25) is 0 Å². The zero-order valence-electron chi connectivity index (χ0n) is 12.0. The Hall–Kier alpha value is -1.46. The van der Waals surface area contributed by atoms with Crippen molar-refractivity contribution in [3.05, 3.63) is 30.1 Å². The van der Waals surface area contributed by atoms with Crippen LogP contribution in [0, 0.1) is 0 Å². The van der Waals surface area contributed by atoms with E-state index < -0.39 is 6.10 Å². The third kappa shape index (κ3) is 4.58. The third-order valence-electron chi connectivity index (χ3n) is 3.63. The molecule has 0 radical (unpaired) electrons. The maximum Gasteiger partial charge on any atom is 0.222 e. The summed E-state index contributed by atoms with van der Waals surface area (Å²) in [6.45, 7) is 5.96. The van der Waals surface area contributed by atoms with Crippen molar-refractivity contribution >= 4 is 5.91 Å². The average Bonchev–Trinajstić information content (AvgIpc) is 2.46.